The molecule has 0 aliphatic heterocycles. The maximum Gasteiger partial charge on any atom is 0.256 e. The summed E-state index contributed by atoms with van der Waals surface area (Å²) in [6.45, 7) is 3.84. The van der Waals surface area contributed by atoms with Gasteiger partial charge in [0.2, 0.25) is 5.91 Å². The van der Waals surface area contributed by atoms with Crippen LogP contribution >= 0.6 is 11.8 Å². The Morgan fingerprint density at radius 3 is 2.50 bits per heavy atom. The number of anilines is 1. The zero-order valence-corrected chi connectivity index (χ0v) is 16.6. The van der Waals surface area contributed by atoms with Gasteiger partial charge in [0.05, 0.1) is 17.0 Å². The van der Waals surface area contributed by atoms with Crippen LogP contribution < -0.4 is 10.6 Å². The molecule has 7 heteroatoms. The van der Waals surface area contributed by atoms with Crippen LogP contribution in [-0.4, -0.2) is 33.4 Å². The average Bonchev–Trinajstić information content (AvgIpc) is 3.21. The van der Waals surface area contributed by atoms with Crippen LogP contribution in [0.5, 0.6) is 0 Å². The number of amides is 2. The predicted molar refractivity (Wildman–Crippen MR) is 112 cm³/mol. The van der Waals surface area contributed by atoms with Crippen LogP contribution in [-0.2, 0) is 4.79 Å². The molecule has 3 aromatic rings. The minimum Gasteiger partial charge on any atom is -0.353 e. The first kappa shape index (κ1) is 19.7. The molecule has 0 aliphatic rings. The van der Waals surface area contributed by atoms with Gasteiger partial charge in [-0.3, -0.25) is 9.59 Å². The van der Waals surface area contributed by atoms with E-state index in [1.54, 1.807) is 16.9 Å². The highest BCUT2D eigenvalue weighted by Gasteiger charge is 2.13. The van der Waals surface area contributed by atoms with E-state index in [1.807, 2.05) is 68.6 Å². The normalized spacial score (nSPS) is 10.7. The van der Waals surface area contributed by atoms with Crippen LogP contribution in [0.2, 0.25) is 0 Å². The number of benzene rings is 2. The van der Waals surface area contributed by atoms with E-state index in [2.05, 4.69) is 15.7 Å². The second-order valence-corrected chi connectivity index (χ2v) is 7.48. The molecule has 3 rings (SSSR count). The number of hydrogen-bond donors (Lipinski definition) is 2. The number of aromatic nitrogens is 2. The van der Waals surface area contributed by atoms with Gasteiger partial charge < -0.3 is 10.6 Å². The van der Waals surface area contributed by atoms with Crippen molar-refractivity contribution in [3.05, 3.63) is 72.6 Å². The lowest BCUT2D eigenvalue weighted by Crippen LogP contribution is -2.31. The number of hydrogen-bond acceptors (Lipinski definition) is 4. The number of rotatable bonds is 7. The first-order valence-corrected chi connectivity index (χ1v) is 9.94. The van der Waals surface area contributed by atoms with Crippen molar-refractivity contribution in [1.29, 1.82) is 0 Å². The molecule has 144 valence electrons. The summed E-state index contributed by atoms with van der Waals surface area (Å²) in [6, 6.07) is 16.7. The van der Waals surface area contributed by atoms with Crippen molar-refractivity contribution in [1.82, 2.24) is 15.1 Å². The molecule has 0 radical (unpaired) electrons. The van der Waals surface area contributed by atoms with E-state index in [4.69, 9.17) is 0 Å². The lowest BCUT2D eigenvalue weighted by atomic mass is 10.2. The predicted octanol–water partition coefficient (Wildman–Crippen LogP) is 3.74. The number of nitrogens with zero attached hydrogens (tertiary/aromatic N) is 2. The second-order valence-electron chi connectivity index (χ2n) is 6.46. The van der Waals surface area contributed by atoms with Gasteiger partial charge in [-0.2, -0.15) is 5.10 Å². The maximum atomic E-state index is 12.7. The van der Waals surface area contributed by atoms with Crippen LogP contribution in [0.3, 0.4) is 0 Å². The molecule has 0 saturated carbocycles. The third-order valence-corrected chi connectivity index (χ3v) is 4.91. The maximum absolute atomic E-state index is 12.7. The molecule has 0 fully saturated rings. The lowest BCUT2D eigenvalue weighted by molar-refractivity contribution is -0.119. The smallest absolute Gasteiger partial charge is 0.256 e. The molecule has 6 nitrogen and oxygen atoms in total. The lowest BCUT2D eigenvalue weighted by Gasteiger charge is -2.11. The van der Waals surface area contributed by atoms with Crippen LogP contribution in [0.4, 0.5) is 5.69 Å². The van der Waals surface area contributed by atoms with Gasteiger partial charge in [0.15, 0.2) is 0 Å². The van der Waals surface area contributed by atoms with Crippen molar-refractivity contribution in [2.24, 2.45) is 0 Å². The van der Waals surface area contributed by atoms with Crippen molar-refractivity contribution < 1.29 is 9.59 Å². The van der Waals surface area contributed by atoms with Crippen LogP contribution in [0, 0.1) is 0 Å². The van der Waals surface area contributed by atoms with Crippen molar-refractivity contribution in [3.8, 4) is 5.69 Å². The van der Waals surface area contributed by atoms with E-state index < -0.39 is 0 Å². The van der Waals surface area contributed by atoms with E-state index >= 15 is 0 Å². The first-order chi connectivity index (χ1) is 13.5. The summed E-state index contributed by atoms with van der Waals surface area (Å²) >= 11 is 1.35. The highest BCUT2D eigenvalue weighted by atomic mass is 32.2. The van der Waals surface area contributed by atoms with Gasteiger partial charge in [0, 0.05) is 29.0 Å². The van der Waals surface area contributed by atoms with Gasteiger partial charge in [-0.25, -0.2) is 4.68 Å². The molecule has 1 heterocycles. The number of nitrogens with one attached hydrogen (secondary N) is 2. The molecular weight excluding hydrogens is 372 g/mol. The topological polar surface area (TPSA) is 76.0 Å². The zero-order valence-electron chi connectivity index (χ0n) is 15.8. The Bertz CT molecular complexity index is 937. The Morgan fingerprint density at radius 2 is 1.82 bits per heavy atom. The van der Waals surface area contributed by atoms with Gasteiger partial charge in [-0.15, -0.1) is 11.8 Å². The first-order valence-electron chi connectivity index (χ1n) is 8.95. The Balaban J connectivity index is 1.66. The molecule has 0 aliphatic carbocycles. The largest absolute Gasteiger partial charge is 0.353 e. The van der Waals surface area contributed by atoms with Gasteiger partial charge >= 0.3 is 0 Å². The number of thioether (sulfide) groups is 1. The fraction of sp³-hybridized carbons (Fsp3) is 0.190. The third-order valence-electron chi connectivity index (χ3n) is 3.83. The van der Waals surface area contributed by atoms with Gasteiger partial charge in [0.1, 0.15) is 0 Å². The summed E-state index contributed by atoms with van der Waals surface area (Å²) in [5.74, 6) is 0.00439. The Morgan fingerprint density at radius 1 is 1.07 bits per heavy atom. The van der Waals surface area contributed by atoms with E-state index in [1.165, 1.54) is 11.8 Å². The Labute approximate surface area is 168 Å². The number of carbonyl (C=O) groups is 2. The van der Waals surface area contributed by atoms with Crippen molar-refractivity contribution in [2.75, 3.05) is 11.1 Å². The standard InChI is InChI=1S/C21H22N4O2S/c1-15(2)23-20(26)14-28-19-7-4-3-6-18(19)21(27)24-16-8-10-17(11-9-16)25-13-5-12-22-25/h3-13,15H,14H2,1-2H3,(H,23,26)(H,24,27). The highest BCUT2D eigenvalue weighted by molar-refractivity contribution is 8.00. The minimum atomic E-state index is -0.209. The molecular formula is C21H22N4O2S. The Kier molecular flexibility index (Phi) is 6.49. The molecule has 0 atom stereocenters. The molecule has 0 bridgehead atoms. The minimum absolute atomic E-state index is 0.0515. The van der Waals surface area contributed by atoms with Crippen molar-refractivity contribution >= 4 is 29.3 Å². The van der Waals surface area contributed by atoms with E-state index in [0.717, 1.165) is 10.6 Å². The summed E-state index contributed by atoms with van der Waals surface area (Å²) in [5, 5.41) is 9.94. The molecule has 1 aromatic heterocycles. The van der Waals surface area contributed by atoms with Crippen LogP contribution in [0.1, 0.15) is 24.2 Å². The van der Waals surface area contributed by atoms with E-state index in [-0.39, 0.29) is 23.6 Å². The fourth-order valence-electron chi connectivity index (χ4n) is 2.60. The summed E-state index contributed by atoms with van der Waals surface area (Å²) < 4.78 is 1.75. The molecule has 2 aromatic carbocycles. The van der Waals surface area contributed by atoms with Gasteiger partial charge in [0.25, 0.3) is 5.91 Å². The fourth-order valence-corrected chi connectivity index (χ4v) is 3.47. The zero-order chi connectivity index (χ0) is 19.9. The second kappa shape index (κ2) is 9.23. The summed E-state index contributed by atoms with van der Waals surface area (Å²) in [6.07, 6.45) is 3.57. The van der Waals surface area contributed by atoms with Crippen molar-refractivity contribution in [2.45, 2.75) is 24.8 Å². The molecule has 2 N–H and O–H groups in total. The molecule has 28 heavy (non-hydrogen) atoms. The molecule has 2 amide bonds. The third kappa shape index (κ3) is 5.23. The number of carbonyl (C=O) groups excluding carboxylic acids is 2. The SMILES string of the molecule is CC(C)NC(=O)CSc1ccccc1C(=O)Nc1ccc(-n2cccn2)cc1. The quantitative estimate of drug-likeness (QED) is 0.599. The van der Waals surface area contributed by atoms with Crippen LogP contribution in [0.25, 0.3) is 5.69 Å². The highest BCUT2D eigenvalue weighted by Crippen LogP contribution is 2.24. The Hall–Kier alpha value is -3.06. The molecule has 0 saturated heterocycles. The van der Waals surface area contributed by atoms with E-state index in [0.29, 0.717) is 11.3 Å². The summed E-state index contributed by atoms with van der Waals surface area (Å²) in [4.78, 5) is 25.4. The van der Waals surface area contributed by atoms with Crippen molar-refractivity contribution in [3.63, 3.8) is 0 Å². The molecule has 0 unspecified atom stereocenters. The van der Waals surface area contributed by atoms with Gasteiger partial charge in [-0.1, -0.05) is 12.1 Å². The monoisotopic (exact) mass is 394 g/mol. The summed E-state index contributed by atoms with van der Waals surface area (Å²) in [5.41, 5.74) is 2.15. The van der Waals surface area contributed by atoms with Gasteiger partial charge in [-0.05, 0) is 56.3 Å². The average molecular weight is 395 g/mol. The van der Waals surface area contributed by atoms with Crippen LogP contribution in [0.15, 0.2) is 71.9 Å². The van der Waals surface area contributed by atoms with E-state index in [9.17, 15) is 9.59 Å². The molecule has 0 spiro atoms. The summed E-state index contributed by atoms with van der Waals surface area (Å²) in [7, 11) is 0.